The molecule has 28 heavy (non-hydrogen) atoms. The van der Waals surface area contributed by atoms with E-state index in [1.54, 1.807) is 6.07 Å². The number of H-pyrrole nitrogens is 1. The number of pyridine rings is 1. The van der Waals surface area contributed by atoms with Crippen molar-refractivity contribution in [2.24, 2.45) is 0 Å². The highest BCUT2D eigenvalue weighted by Gasteiger charge is 2.17. The summed E-state index contributed by atoms with van der Waals surface area (Å²) in [5.41, 5.74) is 2.07. The molecule has 0 amide bonds. The fourth-order valence-electron chi connectivity index (χ4n) is 3.66. The van der Waals surface area contributed by atoms with Crippen LogP contribution >= 0.6 is 11.3 Å². The van der Waals surface area contributed by atoms with Gasteiger partial charge in [-0.2, -0.15) is 5.26 Å². The van der Waals surface area contributed by atoms with Crippen molar-refractivity contribution in [3.8, 4) is 22.9 Å². The van der Waals surface area contributed by atoms with E-state index >= 15 is 0 Å². The van der Waals surface area contributed by atoms with Gasteiger partial charge in [-0.3, -0.25) is 4.79 Å². The van der Waals surface area contributed by atoms with E-state index in [9.17, 15) is 9.90 Å². The van der Waals surface area contributed by atoms with Gasteiger partial charge in [0.1, 0.15) is 16.6 Å². The van der Waals surface area contributed by atoms with E-state index in [1.165, 1.54) is 37.3 Å². The van der Waals surface area contributed by atoms with Gasteiger partial charge in [-0.05, 0) is 43.5 Å². The molecule has 1 aliphatic rings. The van der Waals surface area contributed by atoms with Crippen LogP contribution in [0, 0.1) is 11.3 Å². The van der Waals surface area contributed by atoms with E-state index in [0.29, 0.717) is 10.2 Å². The van der Waals surface area contributed by atoms with Gasteiger partial charge in [0.2, 0.25) is 0 Å². The van der Waals surface area contributed by atoms with E-state index in [4.69, 9.17) is 5.26 Å². The van der Waals surface area contributed by atoms with E-state index in [0.717, 1.165) is 29.7 Å². The van der Waals surface area contributed by atoms with Crippen LogP contribution < -0.4 is 5.56 Å². The maximum atomic E-state index is 11.8. The first-order valence-corrected chi connectivity index (χ1v) is 10.3. The number of hydrogen-bond donors (Lipinski definition) is 2. The number of fused-ring (bicyclic) bond motifs is 1. The Hall–Kier alpha value is -2.88. The van der Waals surface area contributed by atoms with Gasteiger partial charge in [-0.25, -0.2) is 0 Å². The lowest BCUT2D eigenvalue weighted by Gasteiger charge is -2.11. The molecule has 2 aromatic heterocycles. The van der Waals surface area contributed by atoms with Crippen molar-refractivity contribution in [1.82, 2.24) is 9.88 Å². The summed E-state index contributed by atoms with van der Waals surface area (Å²) < 4.78 is 0. The van der Waals surface area contributed by atoms with Gasteiger partial charge < -0.3 is 15.0 Å². The highest BCUT2D eigenvalue weighted by molar-refractivity contribution is 7.17. The standard InChI is InChI=1S/C22H21N3O2S/c23-13-17-20(26)19-18(14-28-22(19)24-21(17)27)16-8-6-15(7-9-16)5-1-2-10-25-11-3-4-12-25/h1,5-9,14H,2-4,10-12H2,(H2,24,26,27). The first kappa shape index (κ1) is 18.5. The summed E-state index contributed by atoms with van der Waals surface area (Å²) in [6, 6.07) is 9.86. The molecular formula is C22H21N3O2S. The summed E-state index contributed by atoms with van der Waals surface area (Å²) in [4.78, 5) is 17.6. The molecule has 0 saturated carbocycles. The third kappa shape index (κ3) is 3.59. The number of nitrogens with zero attached hydrogens (tertiary/aromatic N) is 2. The predicted molar refractivity (Wildman–Crippen MR) is 114 cm³/mol. The monoisotopic (exact) mass is 391 g/mol. The topological polar surface area (TPSA) is 80.1 Å². The van der Waals surface area contributed by atoms with Crippen molar-refractivity contribution in [3.63, 3.8) is 0 Å². The van der Waals surface area contributed by atoms with Crippen LogP contribution in [0.1, 0.15) is 30.4 Å². The fourth-order valence-corrected chi connectivity index (χ4v) is 4.62. The summed E-state index contributed by atoms with van der Waals surface area (Å²) in [6.45, 7) is 3.57. The predicted octanol–water partition coefficient (Wildman–Crippen LogP) is 4.33. The second-order valence-corrected chi connectivity index (χ2v) is 7.88. The Morgan fingerprint density at radius 2 is 2.00 bits per heavy atom. The van der Waals surface area contributed by atoms with Crippen LogP contribution in [0.4, 0.5) is 0 Å². The van der Waals surface area contributed by atoms with Gasteiger partial charge in [0.25, 0.3) is 5.56 Å². The molecule has 1 fully saturated rings. The summed E-state index contributed by atoms with van der Waals surface area (Å²) >= 11 is 1.35. The number of aromatic nitrogens is 1. The Bertz CT molecular complexity index is 1110. The zero-order valence-corrected chi connectivity index (χ0v) is 16.3. The van der Waals surface area contributed by atoms with Gasteiger partial charge in [0.15, 0.2) is 5.56 Å². The minimum absolute atomic E-state index is 0.246. The number of nitrogens with one attached hydrogen (secondary N) is 1. The average molecular weight is 391 g/mol. The fraction of sp³-hybridized carbons (Fsp3) is 0.273. The zero-order chi connectivity index (χ0) is 19.5. The van der Waals surface area contributed by atoms with Crippen LogP contribution in [0.3, 0.4) is 0 Å². The van der Waals surface area contributed by atoms with E-state index in [1.807, 2.05) is 29.6 Å². The molecule has 6 heteroatoms. The number of hydrogen-bond acceptors (Lipinski definition) is 5. The molecule has 2 N–H and O–H groups in total. The summed E-state index contributed by atoms with van der Waals surface area (Å²) in [7, 11) is 0. The smallest absolute Gasteiger partial charge is 0.270 e. The third-order valence-electron chi connectivity index (χ3n) is 5.17. The Morgan fingerprint density at radius 1 is 1.25 bits per heavy atom. The van der Waals surface area contributed by atoms with Gasteiger partial charge >= 0.3 is 0 Å². The first-order valence-electron chi connectivity index (χ1n) is 9.43. The zero-order valence-electron chi connectivity index (χ0n) is 15.4. The molecule has 1 aromatic carbocycles. The summed E-state index contributed by atoms with van der Waals surface area (Å²) in [5.74, 6) is -0.247. The van der Waals surface area contributed by atoms with Crippen LogP contribution in [0.15, 0.2) is 40.5 Å². The molecule has 0 aliphatic carbocycles. The van der Waals surface area contributed by atoms with Crippen molar-refractivity contribution in [2.45, 2.75) is 19.3 Å². The van der Waals surface area contributed by atoms with Crippen LogP contribution in [0.5, 0.6) is 5.75 Å². The molecule has 3 heterocycles. The number of thiophene rings is 1. The number of aromatic amines is 1. The Labute approximate surface area is 167 Å². The Balaban J connectivity index is 1.54. The molecule has 3 aromatic rings. The molecular weight excluding hydrogens is 370 g/mol. The van der Waals surface area contributed by atoms with Crippen molar-refractivity contribution in [2.75, 3.05) is 19.6 Å². The van der Waals surface area contributed by atoms with Crippen molar-refractivity contribution in [3.05, 3.63) is 57.2 Å². The lowest BCUT2D eigenvalue weighted by atomic mass is 10.0. The molecule has 4 rings (SSSR count). The number of nitriles is 1. The quantitative estimate of drug-likeness (QED) is 0.678. The second kappa shape index (κ2) is 8.01. The number of rotatable bonds is 5. The van der Waals surface area contributed by atoms with Crippen LogP contribution in [-0.2, 0) is 0 Å². The minimum atomic E-state index is -0.560. The SMILES string of the molecule is N#Cc1c(O)c2c(-c3ccc(C=CCCN4CCCC4)cc3)csc2[nH]c1=O. The summed E-state index contributed by atoms with van der Waals surface area (Å²) in [5, 5.41) is 21.9. The first-order chi connectivity index (χ1) is 13.7. The van der Waals surface area contributed by atoms with Gasteiger partial charge in [0.05, 0.1) is 5.39 Å². The molecule has 1 aliphatic heterocycles. The van der Waals surface area contributed by atoms with Crippen LogP contribution in [-0.4, -0.2) is 34.6 Å². The molecule has 1 saturated heterocycles. The molecule has 0 atom stereocenters. The van der Waals surface area contributed by atoms with Gasteiger partial charge in [-0.15, -0.1) is 11.3 Å². The maximum absolute atomic E-state index is 11.8. The van der Waals surface area contributed by atoms with Crippen molar-refractivity contribution >= 4 is 27.6 Å². The molecule has 0 unspecified atom stereocenters. The normalized spacial score (nSPS) is 14.8. The summed E-state index contributed by atoms with van der Waals surface area (Å²) in [6.07, 6.45) is 8.04. The lowest BCUT2D eigenvalue weighted by Crippen LogP contribution is -2.19. The lowest BCUT2D eigenvalue weighted by molar-refractivity contribution is 0.346. The Morgan fingerprint density at radius 3 is 2.71 bits per heavy atom. The van der Waals surface area contributed by atoms with E-state index in [2.05, 4.69) is 22.0 Å². The van der Waals surface area contributed by atoms with Crippen molar-refractivity contribution in [1.29, 1.82) is 5.26 Å². The van der Waals surface area contributed by atoms with Gasteiger partial charge in [0, 0.05) is 17.5 Å². The number of aromatic hydroxyl groups is 1. The largest absolute Gasteiger partial charge is 0.506 e. The van der Waals surface area contributed by atoms with Crippen LogP contribution in [0.25, 0.3) is 27.4 Å². The maximum Gasteiger partial charge on any atom is 0.270 e. The van der Waals surface area contributed by atoms with E-state index < -0.39 is 5.56 Å². The Kier molecular flexibility index (Phi) is 5.29. The molecule has 0 bridgehead atoms. The highest BCUT2D eigenvalue weighted by atomic mass is 32.1. The van der Waals surface area contributed by atoms with E-state index in [-0.39, 0.29) is 11.3 Å². The third-order valence-corrected chi connectivity index (χ3v) is 6.07. The average Bonchev–Trinajstić information content (AvgIpc) is 3.36. The molecule has 0 radical (unpaired) electrons. The van der Waals surface area contributed by atoms with Crippen LogP contribution in [0.2, 0.25) is 0 Å². The van der Waals surface area contributed by atoms with Crippen molar-refractivity contribution < 1.29 is 5.11 Å². The minimum Gasteiger partial charge on any atom is -0.506 e. The molecule has 0 spiro atoms. The number of benzene rings is 1. The number of likely N-dealkylation sites (tertiary alicyclic amines) is 1. The molecule has 5 nitrogen and oxygen atoms in total. The molecule has 142 valence electrons. The second-order valence-electron chi connectivity index (χ2n) is 7.00. The van der Waals surface area contributed by atoms with Gasteiger partial charge in [-0.1, -0.05) is 36.4 Å². The highest BCUT2D eigenvalue weighted by Crippen LogP contribution is 2.38.